The zero-order chi connectivity index (χ0) is 28.7. The number of rotatable bonds is 9. The largest absolute Gasteiger partial charge is 0.465 e. The number of carboxylic acid groups (broad SMARTS) is 1. The molecule has 3 amide bonds. The van der Waals surface area contributed by atoms with Gasteiger partial charge in [-0.25, -0.2) is 19.1 Å². The van der Waals surface area contributed by atoms with E-state index in [9.17, 15) is 35.9 Å². The zero-order valence-corrected chi connectivity index (χ0v) is 20.6. The number of ether oxygens (including phenoxy) is 2. The van der Waals surface area contributed by atoms with Crippen molar-refractivity contribution >= 4 is 17.8 Å². The molecule has 212 valence electrons. The number of methoxy groups -OCH3 is 1. The predicted octanol–water partition coefficient (Wildman–Crippen LogP) is 3.43. The Morgan fingerprint density at radius 1 is 1.26 bits per heavy atom. The summed E-state index contributed by atoms with van der Waals surface area (Å²) in [4.78, 5) is 28.9. The molecule has 1 aliphatic heterocycles. The summed E-state index contributed by atoms with van der Waals surface area (Å²) in [6.07, 6.45) is -8.46. The highest BCUT2D eigenvalue weighted by Crippen LogP contribution is 2.37. The SMILES string of the molecule is COC[C@H](c1cnn2cc([C@H](COC(C)(C)C(F)(F)F)NC(=O)O)nc2c1)N1CC(C)(C(F)(F)F)NC1=O. The van der Waals surface area contributed by atoms with Crippen molar-refractivity contribution < 1.29 is 50.5 Å². The van der Waals surface area contributed by atoms with Crippen LogP contribution in [-0.2, 0) is 9.47 Å². The minimum Gasteiger partial charge on any atom is -0.465 e. The molecule has 0 aromatic carbocycles. The first-order valence-corrected chi connectivity index (χ1v) is 11.1. The lowest BCUT2D eigenvalue weighted by Gasteiger charge is -2.29. The lowest BCUT2D eigenvalue weighted by atomic mass is 10.0. The number of nitrogens with zero attached hydrogens (tertiary/aromatic N) is 4. The summed E-state index contributed by atoms with van der Waals surface area (Å²) in [7, 11) is 1.30. The Hall–Kier alpha value is -3.34. The molecule has 2 aromatic heterocycles. The van der Waals surface area contributed by atoms with Gasteiger partial charge in [-0.15, -0.1) is 0 Å². The van der Waals surface area contributed by atoms with E-state index in [0.717, 1.165) is 25.7 Å². The van der Waals surface area contributed by atoms with E-state index < -0.39 is 60.9 Å². The molecule has 1 aliphatic rings. The molecule has 3 atom stereocenters. The van der Waals surface area contributed by atoms with Gasteiger partial charge in [-0.2, -0.15) is 31.4 Å². The molecule has 0 radical (unpaired) electrons. The molecule has 3 N–H and O–H groups in total. The monoisotopic (exact) mass is 556 g/mol. The highest BCUT2D eigenvalue weighted by atomic mass is 19.4. The van der Waals surface area contributed by atoms with Gasteiger partial charge in [0.1, 0.15) is 0 Å². The molecule has 1 unspecified atom stereocenters. The lowest BCUT2D eigenvalue weighted by molar-refractivity contribution is -0.265. The fourth-order valence-electron chi connectivity index (χ4n) is 3.68. The highest BCUT2D eigenvalue weighted by molar-refractivity contribution is 5.78. The number of halogens is 6. The second-order valence-electron chi connectivity index (χ2n) is 9.44. The smallest absolute Gasteiger partial charge is 0.416 e. The third-order valence-corrected chi connectivity index (χ3v) is 6.15. The number of urea groups is 1. The minimum absolute atomic E-state index is 0.0260. The van der Waals surface area contributed by atoms with Crippen LogP contribution in [0.2, 0.25) is 0 Å². The number of carbonyl (C=O) groups is 2. The molecular weight excluding hydrogens is 530 g/mol. The van der Waals surface area contributed by atoms with Crippen LogP contribution in [0.3, 0.4) is 0 Å². The Kier molecular flexibility index (Phi) is 7.76. The molecule has 1 saturated heterocycles. The maximum Gasteiger partial charge on any atom is 0.416 e. The summed E-state index contributed by atoms with van der Waals surface area (Å²) in [6, 6.07) is -1.88. The molecule has 0 bridgehead atoms. The average molecular weight is 556 g/mol. The van der Waals surface area contributed by atoms with Gasteiger partial charge in [-0.05, 0) is 26.8 Å². The second-order valence-corrected chi connectivity index (χ2v) is 9.44. The van der Waals surface area contributed by atoms with Crippen LogP contribution in [0.5, 0.6) is 0 Å². The van der Waals surface area contributed by atoms with Gasteiger partial charge in [-0.3, -0.25) is 0 Å². The van der Waals surface area contributed by atoms with Gasteiger partial charge >= 0.3 is 24.5 Å². The van der Waals surface area contributed by atoms with Crippen molar-refractivity contribution in [3.8, 4) is 0 Å². The number of alkyl halides is 6. The van der Waals surface area contributed by atoms with Crippen molar-refractivity contribution in [2.24, 2.45) is 0 Å². The topological polar surface area (TPSA) is 130 Å². The van der Waals surface area contributed by atoms with Gasteiger partial charge in [0.25, 0.3) is 0 Å². The number of fused-ring (bicyclic) bond motifs is 1. The van der Waals surface area contributed by atoms with Gasteiger partial charge < -0.3 is 30.1 Å². The van der Waals surface area contributed by atoms with Crippen molar-refractivity contribution in [1.82, 2.24) is 30.1 Å². The minimum atomic E-state index is -4.73. The standard InChI is InChI=1S/C21H26F6N6O5/c1-18(2,20(22,23)24)38-8-13(30-17(35)36)12-7-33-15(29-12)5-11(6-28-33)14(9-37-4)32-10-19(3,21(25,26)27)31-16(32)34/h5-7,13-14,30H,8-10H2,1-4H3,(H,31,34)(H,35,36)/t13-,14+,19?/m0/s1. The van der Waals surface area contributed by atoms with Crippen LogP contribution in [0, 0.1) is 0 Å². The summed E-state index contributed by atoms with van der Waals surface area (Å²) < 4.78 is 91.3. The molecule has 1 fully saturated rings. The summed E-state index contributed by atoms with van der Waals surface area (Å²) in [5.41, 5.74) is -4.75. The molecule has 3 heterocycles. The quantitative estimate of drug-likeness (QED) is 0.404. The highest BCUT2D eigenvalue weighted by Gasteiger charge is 2.58. The van der Waals surface area contributed by atoms with Crippen LogP contribution in [-0.4, -0.2) is 87.1 Å². The number of aromatic nitrogens is 3. The number of amides is 3. The fraction of sp³-hybridized carbons (Fsp3) is 0.619. The Bertz CT molecular complexity index is 1190. The summed E-state index contributed by atoms with van der Waals surface area (Å²) in [5.74, 6) is 0. The van der Waals surface area contributed by atoms with E-state index in [0.29, 0.717) is 0 Å². The predicted molar refractivity (Wildman–Crippen MR) is 117 cm³/mol. The first-order chi connectivity index (χ1) is 17.4. The van der Waals surface area contributed by atoms with E-state index in [-0.39, 0.29) is 23.5 Å². The average Bonchev–Trinajstić information content (AvgIpc) is 3.34. The Balaban J connectivity index is 1.92. The fourth-order valence-corrected chi connectivity index (χ4v) is 3.68. The van der Waals surface area contributed by atoms with Crippen LogP contribution in [0.25, 0.3) is 5.65 Å². The van der Waals surface area contributed by atoms with Crippen LogP contribution in [0.15, 0.2) is 18.5 Å². The van der Waals surface area contributed by atoms with E-state index in [2.05, 4.69) is 10.1 Å². The second kappa shape index (κ2) is 10.1. The van der Waals surface area contributed by atoms with Gasteiger partial charge in [0.15, 0.2) is 16.8 Å². The van der Waals surface area contributed by atoms with Crippen LogP contribution in [0.1, 0.15) is 44.1 Å². The van der Waals surface area contributed by atoms with E-state index in [1.54, 1.807) is 0 Å². The van der Waals surface area contributed by atoms with Crippen molar-refractivity contribution in [2.75, 3.05) is 26.9 Å². The number of nitrogens with one attached hydrogen (secondary N) is 2. The van der Waals surface area contributed by atoms with Gasteiger partial charge in [0.2, 0.25) is 0 Å². The summed E-state index contributed by atoms with van der Waals surface area (Å²) in [5, 5.41) is 17.3. The van der Waals surface area contributed by atoms with E-state index in [1.165, 1.54) is 30.1 Å². The van der Waals surface area contributed by atoms with Gasteiger partial charge in [0.05, 0.1) is 49.9 Å². The molecule has 0 aliphatic carbocycles. The Morgan fingerprint density at radius 3 is 2.45 bits per heavy atom. The van der Waals surface area contributed by atoms with Gasteiger partial charge in [0, 0.05) is 12.7 Å². The number of carbonyl (C=O) groups excluding carboxylic acids is 1. The molecule has 11 nitrogen and oxygen atoms in total. The first-order valence-electron chi connectivity index (χ1n) is 11.1. The Morgan fingerprint density at radius 2 is 1.92 bits per heavy atom. The summed E-state index contributed by atoms with van der Waals surface area (Å²) in [6.45, 7) is 0.829. The van der Waals surface area contributed by atoms with E-state index in [4.69, 9.17) is 14.6 Å². The Labute approximate surface area is 212 Å². The number of hydrogen-bond acceptors (Lipinski definition) is 6. The van der Waals surface area contributed by atoms with Crippen molar-refractivity contribution in [2.45, 2.75) is 56.3 Å². The van der Waals surface area contributed by atoms with E-state index >= 15 is 0 Å². The third-order valence-electron chi connectivity index (χ3n) is 6.15. The van der Waals surface area contributed by atoms with Gasteiger partial charge in [-0.1, -0.05) is 0 Å². The molecule has 0 spiro atoms. The number of imidazole rings is 1. The van der Waals surface area contributed by atoms with Crippen molar-refractivity contribution in [3.63, 3.8) is 0 Å². The van der Waals surface area contributed by atoms with Crippen LogP contribution < -0.4 is 10.6 Å². The molecule has 2 aromatic rings. The maximum atomic E-state index is 13.5. The molecule has 0 saturated carbocycles. The normalized spacial score (nSPS) is 20.5. The van der Waals surface area contributed by atoms with Crippen molar-refractivity contribution in [3.05, 3.63) is 29.7 Å². The zero-order valence-electron chi connectivity index (χ0n) is 20.6. The molecule has 17 heteroatoms. The van der Waals surface area contributed by atoms with Crippen molar-refractivity contribution in [1.29, 1.82) is 0 Å². The molecule has 3 rings (SSSR count). The molecule has 38 heavy (non-hydrogen) atoms. The maximum absolute atomic E-state index is 13.5. The van der Waals surface area contributed by atoms with Crippen LogP contribution >= 0.6 is 0 Å². The lowest BCUT2D eigenvalue weighted by Crippen LogP contribution is -2.53. The van der Waals surface area contributed by atoms with E-state index in [1.807, 2.05) is 10.6 Å². The third kappa shape index (κ3) is 5.87. The van der Waals surface area contributed by atoms with Crippen LogP contribution in [0.4, 0.5) is 35.9 Å². The molecular formula is C21H26F6N6O5. The first kappa shape index (κ1) is 29.2. The number of hydrogen-bond donors (Lipinski definition) is 3. The summed E-state index contributed by atoms with van der Waals surface area (Å²) >= 11 is 0.